The number of likely N-dealkylation sites (tertiary alicyclic amines) is 1. The minimum absolute atomic E-state index is 0.117. The first-order chi connectivity index (χ1) is 8.02. The van der Waals surface area contributed by atoms with Crippen molar-refractivity contribution in [1.29, 1.82) is 0 Å². The summed E-state index contributed by atoms with van der Waals surface area (Å²) in [6.45, 7) is 6.24. The molecular weight excluding hydrogens is 220 g/mol. The number of imide groups is 1. The molecule has 0 aromatic carbocycles. The Bertz CT molecular complexity index is 279. The first-order valence-electron chi connectivity index (χ1n) is 6.14. The topological polar surface area (TPSA) is 58.6 Å². The molecule has 0 saturated carbocycles. The molecule has 17 heavy (non-hydrogen) atoms. The second-order valence-corrected chi connectivity index (χ2v) is 4.80. The number of carbonyl (C=O) groups is 2. The van der Waals surface area contributed by atoms with E-state index >= 15 is 0 Å². The van der Waals surface area contributed by atoms with Gasteiger partial charge in [0.15, 0.2) is 0 Å². The Balaban J connectivity index is 2.08. The Morgan fingerprint density at radius 3 is 2.65 bits per heavy atom. The van der Waals surface area contributed by atoms with Crippen LogP contribution in [0.3, 0.4) is 0 Å². The summed E-state index contributed by atoms with van der Waals surface area (Å²) in [7, 11) is 1.52. The third-order valence-electron chi connectivity index (χ3n) is 2.86. The molecule has 0 aliphatic carbocycles. The second-order valence-electron chi connectivity index (χ2n) is 4.80. The first kappa shape index (κ1) is 14.1. The van der Waals surface area contributed by atoms with Gasteiger partial charge >= 0.3 is 0 Å². The summed E-state index contributed by atoms with van der Waals surface area (Å²) in [6, 6.07) is -0.360. The van der Waals surface area contributed by atoms with E-state index in [9.17, 15) is 9.59 Å². The molecule has 1 heterocycles. The highest BCUT2D eigenvalue weighted by molar-refractivity contribution is 6.05. The van der Waals surface area contributed by atoms with Crippen LogP contribution in [0.15, 0.2) is 0 Å². The lowest BCUT2D eigenvalue weighted by Gasteiger charge is -2.11. The maximum Gasteiger partial charge on any atom is 0.246 e. The summed E-state index contributed by atoms with van der Waals surface area (Å²) < 4.78 is 5.42. The zero-order valence-electron chi connectivity index (χ0n) is 10.9. The van der Waals surface area contributed by atoms with E-state index in [1.54, 1.807) is 0 Å². The Hall–Kier alpha value is -0.940. The maximum atomic E-state index is 11.5. The number of likely N-dealkylation sites (N-methyl/N-ethyl adjacent to an activating group) is 1. The van der Waals surface area contributed by atoms with Gasteiger partial charge in [0.25, 0.3) is 0 Å². The van der Waals surface area contributed by atoms with E-state index in [2.05, 4.69) is 19.2 Å². The summed E-state index contributed by atoms with van der Waals surface area (Å²) >= 11 is 0. The van der Waals surface area contributed by atoms with Crippen LogP contribution in [0.25, 0.3) is 0 Å². The van der Waals surface area contributed by atoms with Gasteiger partial charge in [0.2, 0.25) is 11.8 Å². The second kappa shape index (κ2) is 6.71. The highest BCUT2D eigenvalue weighted by Crippen LogP contribution is 2.09. The highest BCUT2D eigenvalue weighted by atomic mass is 16.5. The van der Waals surface area contributed by atoms with Gasteiger partial charge in [-0.2, -0.15) is 0 Å². The monoisotopic (exact) mass is 242 g/mol. The molecule has 1 aliphatic rings. The molecule has 0 aromatic rings. The number of rotatable bonds is 7. The molecular formula is C12H22N2O3. The SMILES string of the molecule is CC(C)CCOCCNC1CC(=O)N(C)C1=O. The van der Waals surface area contributed by atoms with Gasteiger partial charge in [-0.05, 0) is 12.3 Å². The fourth-order valence-electron chi connectivity index (χ4n) is 1.64. The van der Waals surface area contributed by atoms with Gasteiger partial charge in [0.05, 0.1) is 19.1 Å². The van der Waals surface area contributed by atoms with E-state index in [1.807, 2.05) is 0 Å². The summed E-state index contributed by atoms with van der Waals surface area (Å²) in [5.74, 6) is 0.385. The quantitative estimate of drug-likeness (QED) is 0.518. The predicted octanol–water partition coefficient (Wildman–Crippen LogP) is 0.396. The van der Waals surface area contributed by atoms with Crippen LogP contribution in [-0.4, -0.2) is 49.6 Å². The number of nitrogens with zero attached hydrogens (tertiary/aromatic N) is 1. The first-order valence-corrected chi connectivity index (χ1v) is 6.14. The normalized spacial score (nSPS) is 20.7. The fraction of sp³-hybridized carbons (Fsp3) is 0.833. The number of hydrogen-bond donors (Lipinski definition) is 1. The van der Waals surface area contributed by atoms with Crippen molar-refractivity contribution < 1.29 is 14.3 Å². The van der Waals surface area contributed by atoms with Gasteiger partial charge in [-0.15, -0.1) is 0 Å². The van der Waals surface area contributed by atoms with E-state index in [4.69, 9.17) is 4.74 Å². The lowest BCUT2D eigenvalue weighted by Crippen LogP contribution is -2.38. The van der Waals surface area contributed by atoms with Crippen LogP contribution >= 0.6 is 0 Å². The van der Waals surface area contributed by atoms with E-state index in [-0.39, 0.29) is 24.3 Å². The van der Waals surface area contributed by atoms with Gasteiger partial charge in [-0.3, -0.25) is 14.5 Å². The van der Waals surface area contributed by atoms with Crippen LogP contribution in [0.5, 0.6) is 0 Å². The third-order valence-corrected chi connectivity index (χ3v) is 2.86. The molecule has 0 radical (unpaired) electrons. The molecule has 5 heteroatoms. The fourth-order valence-corrected chi connectivity index (χ4v) is 1.64. The molecule has 1 rings (SSSR count). The Morgan fingerprint density at radius 2 is 2.12 bits per heavy atom. The average molecular weight is 242 g/mol. The van der Waals surface area contributed by atoms with Gasteiger partial charge in [0, 0.05) is 20.2 Å². The van der Waals surface area contributed by atoms with Gasteiger partial charge in [0.1, 0.15) is 0 Å². The molecule has 0 bridgehead atoms. The van der Waals surface area contributed by atoms with Crippen LogP contribution in [0, 0.1) is 5.92 Å². The minimum atomic E-state index is -0.360. The van der Waals surface area contributed by atoms with Crippen molar-refractivity contribution in [3.8, 4) is 0 Å². The van der Waals surface area contributed by atoms with Crippen LogP contribution in [0.1, 0.15) is 26.7 Å². The smallest absolute Gasteiger partial charge is 0.246 e. The van der Waals surface area contributed by atoms with Crippen molar-refractivity contribution in [3.63, 3.8) is 0 Å². The van der Waals surface area contributed by atoms with E-state index in [0.717, 1.165) is 13.0 Å². The molecule has 2 amide bonds. The number of amides is 2. The molecule has 1 unspecified atom stereocenters. The number of carbonyl (C=O) groups excluding carboxylic acids is 2. The molecule has 5 nitrogen and oxygen atoms in total. The molecule has 1 aliphatic heterocycles. The third kappa shape index (κ3) is 4.44. The molecule has 0 spiro atoms. The van der Waals surface area contributed by atoms with Gasteiger partial charge < -0.3 is 10.1 Å². The molecule has 98 valence electrons. The van der Waals surface area contributed by atoms with E-state index < -0.39 is 0 Å². The number of nitrogens with one attached hydrogen (secondary N) is 1. The lowest BCUT2D eigenvalue weighted by molar-refractivity contribution is -0.137. The van der Waals surface area contributed by atoms with Crippen LogP contribution in [-0.2, 0) is 14.3 Å². The maximum absolute atomic E-state index is 11.5. The Labute approximate surface area is 102 Å². The molecule has 1 fully saturated rings. The summed E-state index contributed by atoms with van der Waals surface area (Å²) in [5.41, 5.74) is 0. The summed E-state index contributed by atoms with van der Waals surface area (Å²) in [6.07, 6.45) is 1.31. The average Bonchev–Trinajstić information content (AvgIpc) is 2.51. The zero-order chi connectivity index (χ0) is 12.8. The standard InChI is InChI=1S/C12H22N2O3/c1-9(2)4-6-17-7-5-13-10-8-11(15)14(3)12(10)16/h9-10,13H,4-8H2,1-3H3. The van der Waals surface area contributed by atoms with Crippen molar-refractivity contribution in [2.24, 2.45) is 5.92 Å². The van der Waals surface area contributed by atoms with Crippen LogP contribution in [0.4, 0.5) is 0 Å². The van der Waals surface area contributed by atoms with Crippen molar-refractivity contribution in [1.82, 2.24) is 10.2 Å². The van der Waals surface area contributed by atoms with Crippen LogP contribution in [0.2, 0.25) is 0 Å². The highest BCUT2D eigenvalue weighted by Gasteiger charge is 2.35. The largest absolute Gasteiger partial charge is 0.380 e. The Morgan fingerprint density at radius 1 is 1.41 bits per heavy atom. The van der Waals surface area contributed by atoms with Crippen molar-refractivity contribution in [3.05, 3.63) is 0 Å². The molecule has 1 saturated heterocycles. The summed E-state index contributed by atoms with van der Waals surface area (Å²) in [4.78, 5) is 23.9. The van der Waals surface area contributed by atoms with E-state index in [1.165, 1.54) is 11.9 Å². The molecule has 1 atom stereocenters. The number of hydrogen-bond acceptors (Lipinski definition) is 4. The van der Waals surface area contributed by atoms with Crippen molar-refractivity contribution in [2.45, 2.75) is 32.7 Å². The lowest BCUT2D eigenvalue weighted by atomic mass is 10.1. The van der Waals surface area contributed by atoms with Gasteiger partial charge in [-0.1, -0.05) is 13.8 Å². The zero-order valence-corrected chi connectivity index (χ0v) is 10.9. The number of ether oxygens (including phenoxy) is 1. The summed E-state index contributed by atoms with van der Waals surface area (Å²) in [5, 5.41) is 3.04. The van der Waals surface area contributed by atoms with Gasteiger partial charge in [-0.25, -0.2) is 0 Å². The van der Waals surface area contributed by atoms with Crippen molar-refractivity contribution >= 4 is 11.8 Å². The minimum Gasteiger partial charge on any atom is -0.380 e. The Kier molecular flexibility index (Phi) is 5.58. The van der Waals surface area contributed by atoms with E-state index in [0.29, 0.717) is 19.1 Å². The van der Waals surface area contributed by atoms with Crippen LogP contribution < -0.4 is 5.32 Å². The predicted molar refractivity (Wildman–Crippen MR) is 64.5 cm³/mol. The van der Waals surface area contributed by atoms with Crippen molar-refractivity contribution in [2.75, 3.05) is 26.8 Å². The molecule has 0 aromatic heterocycles. The molecule has 1 N–H and O–H groups in total.